The maximum absolute atomic E-state index is 12.4. The summed E-state index contributed by atoms with van der Waals surface area (Å²) in [7, 11) is 0. The number of benzene rings is 1. The van der Waals surface area contributed by atoms with Crippen LogP contribution in [0.1, 0.15) is 17.0 Å². The molecule has 0 saturated heterocycles. The van der Waals surface area contributed by atoms with Gasteiger partial charge in [-0.05, 0) is 48.8 Å². The number of hydrogen-bond donors (Lipinski definition) is 2. The molecule has 0 aliphatic heterocycles. The highest BCUT2D eigenvalue weighted by atomic mass is 35.5. The fourth-order valence-electron chi connectivity index (χ4n) is 1.94. The second kappa shape index (κ2) is 8.64. The van der Waals surface area contributed by atoms with Gasteiger partial charge < -0.3 is 15.1 Å². The first-order chi connectivity index (χ1) is 11.1. The smallest absolute Gasteiger partial charge is 0.287 e. The second-order valence-electron chi connectivity index (χ2n) is 4.78. The topological polar surface area (TPSA) is 71.3 Å². The van der Waals surface area contributed by atoms with Crippen molar-refractivity contribution in [3.05, 3.63) is 53.4 Å². The van der Waals surface area contributed by atoms with Crippen LogP contribution in [0.5, 0.6) is 0 Å². The van der Waals surface area contributed by atoms with Gasteiger partial charge in [-0.3, -0.25) is 9.59 Å². The van der Waals surface area contributed by atoms with E-state index in [1.54, 1.807) is 48.2 Å². The van der Waals surface area contributed by atoms with Gasteiger partial charge in [0.15, 0.2) is 5.76 Å². The lowest BCUT2D eigenvalue weighted by Crippen LogP contribution is -2.44. The molecule has 2 rings (SSSR count). The van der Waals surface area contributed by atoms with Crippen LogP contribution in [0, 0.1) is 0 Å². The van der Waals surface area contributed by atoms with Crippen LogP contribution in [-0.2, 0) is 4.79 Å². The molecule has 0 bridgehead atoms. The van der Waals surface area contributed by atoms with E-state index >= 15 is 0 Å². The molecule has 1 aromatic heterocycles. The zero-order chi connectivity index (χ0) is 16.7. The molecule has 0 aliphatic carbocycles. The van der Waals surface area contributed by atoms with Gasteiger partial charge in [-0.1, -0.05) is 17.7 Å². The Hall–Kier alpha value is -1.92. The van der Waals surface area contributed by atoms with E-state index in [-0.39, 0.29) is 11.7 Å². The fraction of sp³-hybridized carbons (Fsp3) is 0.250. The van der Waals surface area contributed by atoms with Crippen LogP contribution in [0.25, 0.3) is 0 Å². The van der Waals surface area contributed by atoms with E-state index in [1.165, 1.54) is 6.26 Å². The standard InChI is InChI=1S/C16H17ClN2O3S/c1-23-9-7-13(19-16(21)14-6-3-8-22-14)15(20)18-12-5-2-4-11(17)10-12/h2-6,8,10,13H,7,9H2,1H3,(H,18,20)(H,19,21). The van der Waals surface area contributed by atoms with Gasteiger partial charge in [-0.15, -0.1) is 0 Å². The average Bonchev–Trinajstić information content (AvgIpc) is 3.05. The number of nitrogens with one attached hydrogen (secondary N) is 2. The van der Waals surface area contributed by atoms with Crippen molar-refractivity contribution in [2.24, 2.45) is 0 Å². The lowest BCUT2D eigenvalue weighted by atomic mass is 10.2. The molecule has 1 unspecified atom stereocenters. The lowest BCUT2D eigenvalue weighted by molar-refractivity contribution is -0.118. The van der Waals surface area contributed by atoms with Crippen molar-refractivity contribution in [2.45, 2.75) is 12.5 Å². The Labute approximate surface area is 143 Å². The molecule has 1 aromatic carbocycles. The van der Waals surface area contributed by atoms with Crippen molar-refractivity contribution < 1.29 is 14.0 Å². The summed E-state index contributed by atoms with van der Waals surface area (Å²) in [5.41, 5.74) is 0.587. The quantitative estimate of drug-likeness (QED) is 0.800. The molecule has 0 aliphatic rings. The first kappa shape index (κ1) is 17.4. The number of thioether (sulfide) groups is 1. The Morgan fingerprint density at radius 1 is 1.30 bits per heavy atom. The first-order valence-corrected chi connectivity index (χ1v) is 8.77. The third-order valence-electron chi connectivity index (χ3n) is 3.07. The van der Waals surface area contributed by atoms with E-state index in [4.69, 9.17) is 16.0 Å². The third kappa shape index (κ3) is 5.33. The molecular formula is C16H17ClN2O3S. The van der Waals surface area contributed by atoms with E-state index in [0.717, 1.165) is 5.75 Å². The Balaban J connectivity index is 2.04. The van der Waals surface area contributed by atoms with E-state index in [9.17, 15) is 9.59 Å². The van der Waals surface area contributed by atoms with Gasteiger partial charge in [-0.2, -0.15) is 11.8 Å². The summed E-state index contributed by atoms with van der Waals surface area (Å²) in [4.78, 5) is 24.5. The summed E-state index contributed by atoms with van der Waals surface area (Å²) in [6.45, 7) is 0. The Kier molecular flexibility index (Phi) is 6.55. The van der Waals surface area contributed by atoms with Crippen molar-refractivity contribution in [3.8, 4) is 0 Å². The molecule has 2 aromatic rings. The highest BCUT2D eigenvalue weighted by Gasteiger charge is 2.22. The Morgan fingerprint density at radius 3 is 2.78 bits per heavy atom. The molecular weight excluding hydrogens is 336 g/mol. The molecule has 0 fully saturated rings. The molecule has 122 valence electrons. The van der Waals surface area contributed by atoms with Gasteiger partial charge in [0.2, 0.25) is 5.91 Å². The summed E-state index contributed by atoms with van der Waals surface area (Å²) in [5, 5.41) is 5.99. The van der Waals surface area contributed by atoms with Crippen LogP contribution in [0.2, 0.25) is 5.02 Å². The predicted molar refractivity (Wildman–Crippen MR) is 93.0 cm³/mol. The summed E-state index contributed by atoms with van der Waals surface area (Å²) in [6, 6.07) is 9.38. The Bertz CT molecular complexity index is 661. The van der Waals surface area contributed by atoms with Gasteiger partial charge in [0, 0.05) is 10.7 Å². The number of furan rings is 1. The highest BCUT2D eigenvalue weighted by Crippen LogP contribution is 2.15. The largest absolute Gasteiger partial charge is 0.459 e. The normalized spacial score (nSPS) is 11.7. The average molecular weight is 353 g/mol. The predicted octanol–water partition coefficient (Wildman–Crippen LogP) is 3.42. The summed E-state index contributed by atoms with van der Waals surface area (Å²) >= 11 is 7.51. The van der Waals surface area contributed by atoms with Crippen LogP contribution in [0.4, 0.5) is 5.69 Å². The fourth-order valence-corrected chi connectivity index (χ4v) is 2.60. The minimum atomic E-state index is -0.654. The van der Waals surface area contributed by atoms with Gasteiger partial charge in [-0.25, -0.2) is 0 Å². The number of anilines is 1. The van der Waals surface area contributed by atoms with Crippen LogP contribution < -0.4 is 10.6 Å². The lowest BCUT2D eigenvalue weighted by Gasteiger charge is -2.17. The van der Waals surface area contributed by atoms with Crippen molar-refractivity contribution in [1.82, 2.24) is 5.32 Å². The number of carbonyl (C=O) groups is 2. The number of hydrogen-bond acceptors (Lipinski definition) is 4. The van der Waals surface area contributed by atoms with Crippen LogP contribution >= 0.6 is 23.4 Å². The molecule has 5 nitrogen and oxygen atoms in total. The zero-order valence-corrected chi connectivity index (χ0v) is 14.1. The molecule has 0 saturated carbocycles. The van der Waals surface area contributed by atoms with E-state index in [1.807, 2.05) is 6.26 Å². The van der Waals surface area contributed by atoms with Crippen LogP contribution in [0.15, 0.2) is 47.1 Å². The number of amides is 2. The van der Waals surface area contributed by atoms with Crippen molar-refractivity contribution in [3.63, 3.8) is 0 Å². The van der Waals surface area contributed by atoms with Gasteiger partial charge in [0.1, 0.15) is 6.04 Å². The van der Waals surface area contributed by atoms with Gasteiger partial charge in [0.05, 0.1) is 6.26 Å². The van der Waals surface area contributed by atoms with E-state index < -0.39 is 11.9 Å². The minimum absolute atomic E-state index is 0.176. The third-order valence-corrected chi connectivity index (χ3v) is 3.95. The first-order valence-electron chi connectivity index (χ1n) is 7.00. The summed E-state index contributed by atoms with van der Waals surface area (Å²) < 4.78 is 5.05. The molecule has 23 heavy (non-hydrogen) atoms. The SMILES string of the molecule is CSCCC(NC(=O)c1ccco1)C(=O)Nc1cccc(Cl)c1. The van der Waals surface area contributed by atoms with E-state index in [2.05, 4.69) is 10.6 Å². The number of halogens is 1. The summed E-state index contributed by atoms with van der Waals surface area (Å²) in [6.07, 6.45) is 3.87. The highest BCUT2D eigenvalue weighted by molar-refractivity contribution is 7.98. The van der Waals surface area contributed by atoms with Gasteiger partial charge >= 0.3 is 0 Å². The molecule has 0 spiro atoms. The maximum atomic E-state index is 12.4. The second-order valence-corrected chi connectivity index (χ2v) is 6.21. The maximum Gasteiger partial charge on any atom is 0.287 e. The number of rotatable bonds is 7. The van der Waals surface area contributed by atoms with Crippen molar-refractivity contribution in [2.75, 3.05) is 17.3 Å². The van der Waals surface area contributed by atoms with Crippen molar-refractivity contribution >= 4 is 40.9 Å². The minimum Gasteiger partial charge on any atom is -0.459 e. The van der Waals surface area contributed by atoms with Gasteiger partial charge in [0.25, 0.3) is 5.91 Å². The Morgan fingerprint density at radius 2 is 2.13 bits per heavy atom. The molecule has 2 amide bonds. The molecule has 0 radical (unpaired) electrons. The monoisotopic (exact) mass is 352 g/mol. The van der Waals surface area contributed by atoms with Crippen LogP contribution in [-0.4, -0.2) is 29.9 Å². The number of carbonyl (C=O) groups excluding carboxylic acids is 2. The van der Waals surface area contributed by atoms with E-state index in [0.29, 0.717) is 17.1 Å². The molecule has 1 heterocycles. The molecule has 2 N–H and O–H groups in total. The molecule has 7 heteroatoms. The molecule has 1 atom stereocenters. The van der Waals surface area contributed by atoms with Crippen molar-refractivity contribution in [1.29, 1.82) is 0 Å². The van der Waals surface area contributed by atoms with Crippen LogP contribution in [0.3, 0.4) is 0 Å². The summed E-state index contributed by atoms with van der Waals surface area (Å²) in [5.74, 6) is 0.213. The zero-order valence-electron chi connectivity index (χ0n) is 12.5.